The maximum atomic E-state index is 12.5. The van der Waals surface area contributed by atoms with E-state index < -0.39 is 0 Å². The van der Waals surface area contributed by atoms with Gasteiger partial charge in [0.2, 0.25) is 11.8 Å². The third kappa shape index (κ3) is 3.41. The summed E-state index contributed by atoms with van der Waals surface area (Å²) >= 11 is 0. The molecule has 25 heavy (non-hydrogen) atoms. The number of hydrogen-bond donors (Lipinski definition) is 1. The van der Waals surface area contributed by atoms with Gasteiger partial charge in [-0.2, -0.15) is 0 Å². The molecule has 1 aromatic heterocycles. The highest BCUT2D eigenvalue weighted by atomic mass is 16.4. The summed E-state index contributed by atoms with van der Waals surface area (Å²) in [6.07, 6.45) is 5.41. The van der Waals surface area contributed by atoms with Crippen LogP contribution < -0.4 is 5.32 Å². The highest BCUT2D eigenvalue weighted by Crippen LogP contribution is 2.22. The van der Waals surface area contributed by atoms with E-state index in [1.54, 1.807) is 6.92 Å². The highest BCUT2D eigenvalue weighted by molar-refractivity contribution is 5.89. The van der Waals surface area contributed by atoms with Crippen LogP contribution in [0.5, 0.6) is 0 Å². The molecule has 0 aliphatic carbocycles. The molecule has 3 heterocycles. The molecule has 1 saturated heterocycles. The highest BCUT2D eigenvalue weighted by Gasteiger charge is 2.30. The van der Waals surface area contributed by atoms with Crippen molar-refractivity contribution in [2.24, 2.45) is 0 Å². The Morgan fingerprint density at radius 1 is 1.20 bits per heavy atom. The summed E-state index contributed by atoms with van der Waals surface area (Å²) < 4.78 is 5.40. The van der Waals surface area contributed by atoms with Crippen LogP contribution in [0.25, 0.3) is 11.5 Å². The molecule has 1 aromatic carbocycles. The summed E-state index contributed by atoms with van der Waals surface area (Å²) in [5, 5.41) is 10.8. The Kier molecular flexibility index (Phi) is 4.23. The monoisotopic (exact) mass is 339 g/mol. The van der Waals surface area contributed by atoms with Crippen LogP contribution >= 0.6 is 0 Å². The van der Waals surface area contributed by atoms with Crippen molar-refractivity contribution >= 4 is 11.7 Å². The summed E-state index contributed by atoms with van der Waals surface area (Å²) in [5.74, 6) is 1.01. The van der Waals surface area contributed by atoms with Gasteiger partial charge in [0.05, 0.1) is 0 Å². The molecule has 2 aliphatic heterocycles. The largest absolute Gasteiger partial charge is 0.421 e. The van der Waals surface area contributed by atoms with Gasteiger partial charge < -0.3 is 14.6 Å². The number of benzene rings is 1. The first kappa shape index (κ1) is 15.8. The zero-order chi connectivity index (χ0) is 17.2. The van der Waals surface area contributed by atoms with Crippen molar-refractivity contribution in [2.75, 3.05) is 31.5 Å². The van der Waals surface area contributed by atoms with Gasteiger partial charge in [-0.15, -0.1) is 10.2 Å². The molecular formula is C18H21N5O2. The van der Waals surface area contributed by atoms with Gasteiger partial charge in [-0.3, -0.25) is 4.90 Å². The van der Waals surface area contributed by atoms with Crippen molar-refractivity contribution in [1.29, 1.82) is 0 Å². The van der Waals surface area contributed by atoms with E-state index in [1.165, 1.54) is 0 Å². The van der Waals surface area contributed by atoms with Crippen molar-refractivity contribution in [3.8, 4) is 11.5 Å². The third-order valence-electron chi connectivity index (χ3n) is 4.72. The van der Waals surface area contributed by atoms with Gasteiger partial charge in [-0.1, -0.05) is 12.2 Å². The van der Waals surface area contributed by atoms with Crippen LogP contribution in [0.3, 0.4) is 0 Å². The van der Waals surface area contributed by atoms with Crippen molar-refractivity contribution in [2.45, 2.75) is 19.4 Å². The molecule has 1 fully saturated rings. The fourth-order valence-electron chi connectivity index (χ4n) is 3.33. The molecule has 7 heteroatoms. The number of urea groups is 1. The minimum atomic E-state index is -0.0453. The minimum Gasteiger partial charge on any atom is -0.421 e. The van der Waals surface area contributed by atoms with Crippen LogP contribution in [0.2, 0.25) is 0 Å². The molecule has 2 aliphatic rings. The number of rotatable bonds is 3. The molecule has 130 valence electrons. The normalized spacial score (nSPS) is 20.4. The first-order valence-electron chi connectivity index (χ1n) is 8.54. The summed E-state index contributed by atoms with van der Waals surface area (Å²) in [6, 6.07) is 7.85. The van der Waals surface area contributed by atoms with Gasteiger partial charge >= 0.3 is 6.03 Å². The van der Waals surface area contributed by atoms with Crippen LogP contribution in [0.4, 0.5) is 10.5 Å². The lowest BCUT2D eigenvalue weighted by Crippen LogP contribution is -2.38. The number of aryl methyl sites for hydroxylation is 1. The van der Waals surface area contributed by atoms with E-state index in [4.69, 9.17) is 4.42 Å². The maximum Gasteiger partial charge on any atom is 0.321 e. The van der Waals surface area contributed by atoms with Crippen molar-refractivity contribution < 1.29 is 9.21 Å². The molecule has 4 rings (SSSR count). The topological polar surface area (TPSA) is 74.5 Å². The maximum absolute atomic E-state index is 12.5. The van der Waals surface area contributed by atoms with E-state index in [9.17, 15) is 4.79 Å². The number of nitrogens with one attached hydrogen (secondary N) is 1. The Labute approximate surface area is 146 Å². The molecule has 0 saturated carbocycles. The summed E-state index contributed by atoms with van der Waals surface area (Å²) in [5.41, 5.74) is 1.60. The number of nitrogens with zero attached hydrogens (tertiary/aromatic N) is 4. The smallest absolute Gasteiger partial charge is 0.321 e. The number of likely N-dealkylation sites (tertiary alicyclic amines) is 1. The summed E-state index contributed by atoms with van der Waals surface area (Å²) in [6.45, 7) is 5.33. The predicted molar refractivity (Wildman–Crippen MR) is 94.2 cm³/mol. The first-order valence-corrected chi connectivity index (χ1v) is 8.54. The van der Waals surface area contributed by atoms with Crippen molar-refractivity contribution in [3.05, 3.63) is 42.3 Å². The molecule has 0 bridgehead atoms. The summed E-state index contributed by atoms with van der Waals surface area (Å²) in [4.78, 5) is 16.8. The van der Waals surface area contributed by atoms with Gasteiger partial charge in [0.1, 0.15) is 0 Å². The molecule has 0 radical (unpaired) electrons. The summed E-state index contributed by atoms with van der Waals surface area (Å²) in [7, 11) is 0. The molecule has 2 amide bonds. The van der Waals surface area contributed by atoms with E-state index in [-0.39, 0.29) is 6.03 Å². The third-order valence-corrected chi connectivity index (χ3v) is 4.72. The number of amides is 2. The number of anilines is 1. The SMILES string of the molecule is Cc1nnc(-c2ccc(NC(=O)N3CC[C@H](N4CC=CC4)C3)cc2)o1. The molecule has 0 spiro atoms. The zero-order valence-corrected chi connectivity index (χ0v) is 14.2. The van der Waals surface area contributed by atoms with E-state index >= 15 is 0 Å². The van der Waals surface area contributed by atoms with Crippen LogP contribution in [0.15, 0.2) is 40.8 Å². The molecule has 1 N–H and O–H groups in total. The average molecular weight is 339 g/mol. The van der Waals surface area contributed by atoms with Crippen LogP contribution in [0, 0.1) is 6.92 Å². The number of hydrogen-bond acceptors (Lipinski definition) is 5. The second kappa shape index (κ2) is 6.68. The predicted octanol–water partition coefficient (Wildman–Crippen LogP) is 2.52. The van der Waals surface area contributed by atoms with Crippen molar-refractivity contribution in [3.63, 3.8) is 0 Å². The lowest BCUT2D eigenvalue weighted by atomic mass is 10.2. The van der Waals surface area contributed by atoms with Crippen molar-refractivity contribution in [1.82, 2.24) is 20.0 Å². The van der Waals surface area contributed by atoms with Gasteiger partial charge in [0.25, 0.3) is 0 Å². The van der Waals surface area contributed by atoms with Crippen LogP contribution in [-0.2, 0) is 0 Å². The first-order chi connectivity index (χ1) is 12.2. The number of carbonyl (C=O) groups is 1. The fraction of sp³-hybridized carbons (Fsp3) is 0.389. The molecule has 7 nitrogen and oxygen atoms in total. The lowest BCUT2D eigenvalue weighted by Gasteiger charge is -2.23. The number of carbonyl (C=O) groups excluding carboxylic acids is 1. The van der Waals surface area contributed by atoms with E-state index in [1.807, 2.05) is 29.2 Å². The minimum absolute atomic E-state index is 0.0453. The van der Waals surface area contributed by atoms with Gasteiger partial charge in [-0.05, 0) is 30.7 Å². The van der Waals surface area contributed by atoms with Crippen LogP contribution in [-0.4, -0.2) is 58.2 Å². The molecule has 2 aromatic rings. The second-order valence-corrected chi connectivity index (χ2v) is 6.45. The fourth-order valence-corrected chi connectivity index (χ4v) is 3.33. The van der Waals surface area contributed by atoms with E-state index in [0.717, 1.165) is 43.9 Å². The Balaban J connectivity index is 1.35. The second-order valence-electron chi connectivity index (χ2n) is 6.45. The Bertz CT molecular complexity index is 775. The van der Waals surface area contributed by atoms with Gasteiger partial charge in [0, 0.05) is 50.4 Å². The standard InChI is InChI=1S/C18H21N5O2/c1-13-20-21-17(25-13)14-4-6-15(7-5-14)19-18(24)23-11-8-16(12-23)22-9-2-3-10-22/h2-7,16H,8-12H2,1H3,(H,19,24)/t16-/m0/s1. The van der Waals surface area contributed by atoms with E-state index in [0.29, 0.717) is 17.8 Å². The Morgan fingerprint density at radius 2 is 1.96 bits per heavy atom. The Hall–Kier alpha value is -2.67. The molecule has 1 atom stereocenters. The molecule has 0 unspecified atom stereocenters. The van der Waals surface area contributed by atoms with Gasteiger partial charge in [-0.25, -0.2) is 4.79 Å². The van der Waals surface area contributed by atoms with Gasteiger partial charge in [0.15, 0.2) is 0 Å². The average Bonchev–Trinajstić information content (AvgIpc) is 3.36. The zero-order valence-electron chi connectivity index (χ0n) is 14.2. The van der Waals surface area contributed by atoms with Crippen LogP contribution in [0.1, 0.15) is 12.3 Å². The van der Waals surface area contributed by atoms with E-state index in [2.05, 4.69) is 32.6 Å². The number of aromatic nitrogens is 2. The lowest BCUT2D eigenvalue weighted by molar-refractivity contribution is 0.212. The quantitative estimate of drug-likeness (QED) is 0.870. The Morgan fingerprint density at radius 3 is 2.64 bits per heavy atom. The molecular weight excluding hydrogens is 318 g/mol.